The zero-order chi connectivity index (χ0) is 12.7. The molecule has 2 heterocycles. The molecule has 0 N–H and O–H groups in total. The normalized spacial score (nSPS) is 14.2. The molecule has 18 heavy (non-hydrogen) atoms. The molecule has 0 saturated heterocycles. The van der Waals surface area contributed by atoms with E-state index in [9.17, 15) is 9.59 Å². The Bertz CT molecular complexity index is 648. The molecule has 90 valence electrons. The highest BCUT2D eigenvalue weighted by molar-refractivity contribution is 7.09. The van der Waals surface area contributed by atoms with Gasteiger partial charge in [-0.05, 0) is 19.1 Å². The molecule has 1 aromatic carbocycles. The number of rotatable bonds is 2. The third-order valence-electron chi connectivity index (χ3n) is 2.84. The first-order valence-corrected chi connectivity index (χ1v) is 6.41. The highest BCUT2D eigenvalue weighted by Gasteiger charge is 2.35. The van der Waals surface area contributed by atoms with Gasteiger partial charge in [0, 0.05) is 11.1 Å². The Morgan fingerprint density at radius 2 is 2.06 bits per heavy atom. The van der Waals surface area contributed by atoms with Crippen LogP contribution in [0.5, 0.6) is 0 Å². The summed E-state index contributed by atoms with van der Waals surface area (Å²) < 4.78 is 0. The first kappa shape index (κ1) is 11.1. The van der Waals surface area contributed by atoms with Crippen molar-refractivity contribution in [2.24, 2.45) is 0 Å². The van der Waals surface area contributed by atoms with Crippen molar-refractivity contribution in [3.05, 3.63) is 45.9 Å². The number of aryl methyl sites for hydroxylation is 1. The van der Waals surface area contributed by atoms with E-state index in [0.29, 0.717) is 17.8 Å². The third kappa shape index (κ3) is 1.64. The highest BCUT2D eigenvalue weighted by atomic mass is 32.1. The van der Waals surface area contributed by atoms with Crippen molar-refractivity contribution in [2.45, 2.75) is 13.5 Å². The lowest BCUT2D eigenvalue weighted by Crippen LogP contribution is -2.29. The summed E-state index contributed by atoms with van der Waals surface area (Å²) in [5.41, 5.74) is 2.09. The van der Waals surface area contributed by atoms with Crippen LogP contribution in [0.1, 0.15) is 21.1 Å². The number of nitrogens with zero attached hydrogens (tertiary/aromatic N) is 2. The van der Waals surface area contributed by atoms with Crippen LogP contribution in [0.2, 0.25) is 0 Å². The molecule has 2 aromatic rings. The fraction of sp³-hybridized carbons (Fsp3) is 0.154. The number of thiazole rings is 1. The SMILES string of the molecule is Cc1csc(CN2C(=O)C(=O)c3ccccc32)n1. The molecule has 3 rings (SSSR count). The van der Waals surface area contributed by atoms with Gasteiger partial charge in [0.25, 0.3) is 11.7 Å². The molecule has 1 amide bonds. The van der Waals surface area contributed by atoms with E-state index >= 15 is 0 Å². The predicted octanol–water partition coefficient (Wildman–Crippen LogP) is 2.18. The van der Waals surface area contributed by atoms with Crippen LogP contribution in [0.4, 0.5) is 5.69 Å². The van der Waals surface area contributed by atoms with Crippen molar-refractivity contribution in [1.29, 1.82) is 0 Å². The number of hydrogen-bond acceptors (Lipinski definition) is 4. The average molecular weight is 258 g/mol. The van der Waals surface area contributed by atoms with Crippen molar-refractivity contribution in [3.63, 3.8) is 0 Å². The molecule has 1 aliphatic rings. The van der Waals surface area contributed by atoms with Crippen molar-refractivity contribution in [3.8, 4) is 0 Å². The summed E-state index contributed by atoms with van der Waals surface area (Å²) in [4.78, 5) is 29.5. The highest BCUT2D eigenvalue weighted by Crippen LogP contribution is 2.30. The number of benzene rings is 1. The minimum atomic E-state index is -0.468. The molecule has 0 unspecified atom stereocenters. The Hall–Kier alpha value is -2.01. The minimum Gasteiger partial charge on any atom is -0.298 e. The van der Waals surface area contributed by atoms with Gasteiger partial charge >= 0.3 is 0 Å². The first-order valence-electron chi connectivity index (χ1n) is 5.53. The Balaban J connectivity index is 1.98. The number of hydrogen-bond donors (Lipinski definition) is 0. The van der Waals surface area contributed by atoms with Crippen LogP contribution in [-0.2, 0) is 11.3 Å². The van der Waals surface area contributed by atoms with Gasteiger partial charge in [0.2, 0.25) is 0 Å². The van der Waals surface area contributed by atoms with E-state index < -0.39 is 11.7 Å². The smallest absolute Gasteiger partial charge is 0.298 e. The van der Waals surface area contributed by atoms with Crippen molar-refractivity contribution in [1.82, 2.24) is 4.98 Å². The lowest BCUT2D eigenvalue weighted by atomic mass is 10.1. The summed E-state index contributed by atoms with van der Waals surface area (Å²) in [6.07, 6.45) is 0. The maximum atomic E-state index is 11.9. The predicted molar refractivity (Wildman–Crippen MR) is 68.8 cm³/mol. The summed E-state index contributed by atoms with van der Waals surface area (Å²) in [5, 5.41) is 2.77. The molecule has 0 spiro atoms. The second-order valence-electron chi connectivity index (χ2n) is 4.12. The van der Waals surface area contributed by atoms with E-state index in [4.69, 9.17) is 0 Å². The molecule has 1 aliphatic heterocycles. The Morgan fingerprint density at radius 3 is 2.78 bits per heavy atom. The monoisotopic (exact) mass is 258 g/mol. The van der Waals surface area contributed by atoms with Gasteiger partial charge in [0.05, 0.1) is 17.8 Å². The lowest BCUT2D eigenvalue weighted by molar-refractivity contribution is -0.114. The number of Topliss-reactive ketones (excluding diaryl/α,β-unsaturated/α-hetero) is 1. The number of ketones is 1. The number of carbonyl (C=O) groups is 2. The van der Waals surface area contributed by atoms with E-state index in [2.05, 4.69) is 4.98 Å². The zero-order valence-electron chi connectivity index (χ0n) is 9.71. The Morgan fingerprint density at radius 1 is 1.28 bits per heavy atom. The van der Waals surface area contributed by atoms with Gasteiger partial charge in [-0.2, -0.15) is 0 Å². The number of fused-ring (bicyclic) bond motifs is 1. The fourth-order valence-electron chi connectivity index (χ4n) is 2.02. The van der Waals surface area contributed by atoms with Crippen molar-refractivity contribution < 1.29 is 9.59 Å². The number of aromatic nitrogens is 1. The summed E-state index contributed by atoms with van der Waals surface area (Å²) >= 11 is 1.50. The van der Waals surface area contributed by atoms with Gasteiger partial charge in [-0.3, -0.25) is 14.5 Å². The Kier molecular flexibility index (Phi) is 2.48. The van der Waals surface area contributed by atoms with Crippen LogP contribution < -0.4 is 4.90 Å². The van der Waals surface area contributed by atoms with Crippen LogP contribution in [0.3, 0.4) is 0 Å². The molecule has 0 radical (unpaired) electrons. The second kappa shape index (κ2) is 4.03. The van der Waals surface area contributed by atoms with Crippen LogP contribution in [-0.4, -0.2) is 16.7 Å². The lowest BCUT2D eigenvalue weighted by Gasteiger charge is -2.14. The van der Waals surface area contributed by atoms with Crippen LogP contribution in [0.25, 0.3) is 0 Å². The summed E-state index contributed by atoms with van der Waals surface area (Å²) in [6.45, 7) is 2.27. The third-order valence-corrected chi connectivity index (χ3v) is 3.79. The quantitative estimate of drug-likeness (QED) is 0.776. The van der Waals surface area contributed by atoms with Gasteiger partial charge in [-0.15, -0.1) is 11.3 Å². The summed E-state index contributed by atoms with van der Waals surface area (Å²) in [5.74, 6) is -0.900. The molecule has 5 heteroatoms. The summed E-state index contributed by atoms with van der Waals surface area (Å²) in [6, 6.07) is 7.06. The molecular weight excluding hydrogens is 248 g/mol. The molecule has 4 nitrogen and oxygen atoms in total. The van der Waals surface area contributed by atoms with Gasteiger partial charge in [0.1, 0.15) is 5.01 Å². The van der Waals surface area contributed by atoms with E-state index in [1.165, 1.54) is 16.2 Å². The molecule has 0 saturated carbocycles. The maximum Gasteiger partial charge on any atom is 0.299 e. The summed E-state index contributed by atoms with van der Waals surface area (Å²) in [7, 11) is 0. The number of carbonyl (C=O) groups excluding carboxylic acids is 2. The van der Waals surface area contributed by atoms with Gasteiger partial charge in [-0.25, -0.2) is 4.98 Å². The topological polar surface area (TPSA) is 50.3 Å². The van der Waals surface area contributed by atoms with Crippen molar-refractivity contribution in [2.75, 3.05) is 4.90 Å². The molecule has 0 bridgehead atoms. The van der Waals surface area contributed by atoms with Gasteiger partial charge < -0.3 is 0 Å². The minimum absolute atomic E-state index is 0.361. The second-order valence-corrected chi connectivity index (χ2v) is 5.06. The molecule has 0 aliphatic carbocycles. The van der Waals surface area contributed by atoms with E-state index in [0.717, 1.165) is 10.7 Å². The number of amides is 1. The standard InChI is InChI=1S/C13H10N2O2S/c1-8-7-18-11(14-8)6-15-10-5-3-2-4-9(10)12(16)13(15)17/h2-5,7H,6H2,1H3. The maximum absolute atomic E-state index is 11.9. The molecular formula is C13H10N2O2S. The first-order chi connectivity index (χ1) is 8.66. The molecule has 1 aromatic heterocycles. The average Bonchev–Trinajstić information content (AvgIpc) is 2.88. The molecule has 0 fully saturated rings. The van der Waals surface area contributed by atoms with E-state index in [-0.39, 0.29) is 0 Å². The zero-order valence-corrected chi connectivity index (χ0v) is 10.5. The largest absolute Gasteiger partial charge is 0.299 e. The van der Waals surface area contributed by atoms with E-state index in [1.54, 1.807) is 18.2 Å². The van der Waals surface area contributed by atoms with Crippen LogP contribution >= 0.6 is 11.3 Å². The number of para-hydroxylation sites is 1. The molecule has 0 atom stereocenters. The van der Waals surface area contributed by atoms with Gasteiger partial charge in [-0.1, -0.05) is 12.1 Å². The fourth-order valence-corrected chi connectivity index (χ4v) is 2.78. The van der Waals surface area contributed by atoms with Gasteiger partial charge in [0.15, 0.2) is 0 Å². The van der Waals surface area contributed by atoms with Crippen molar-refractivity contribution >= 4 is 28.7 Å². The van der Waals surface area contributed by atoms with Crippen LogP contribution in [0, 0.1) is 6.92 Å². The van der Waals surface area contributed by atoms with E-state index in [1.807, 2.05) is 18.4 Å². The Labute approximate surface area is 108 Å². The number of anilines is 1. The van der Waals surface area contributed by atoms with Crippen LogP contribution in [0.15, 0.2) is 29.6 Å².